The summed E-state index contributed by atoms with van der Waals surface area (Å²) in [5.41, 5.74) is 0.360. The van der Waals surface area contributed by atoms with E-state index < -0.39 is 5.60 Å². The summed E-state index contributed by atoms with van der Waals surface area (Å²) in [7, 11) is 0. The third-order valence-corrected chi connectivity index (χ3v) is 4.01. The molecule has 1 fully saturated rings. The maximum absolute atomic E-state index is 11.5. The predicted octanol–water partition coefficient (Wildman–Crippen LogP) is 4.26. The molecule has 0 unspecified atom stereocenters. The van der Waals surface area contributed by atoms with Gasteiger partial charge in [-0.25, -0.2) is 4.79 Å². The van der Waals surface area contributed by atoms with Crippen LogP contribution >= 0.6 is 0 Å². The van der Waals surface area contributed by atoms with Crippen LogP contribution in [0.3, 0.4) is 0 Å². The third kappa shape index (κ3) is 8.99. The summed E-state index contributed by atoms with van der Waals surface area (Å²) in [6.07, 6.45) is 7.40. The number of nitrogens with one attached hydrogen (secondary N) is 2. The van der Waals surface area contributed by atoms with Crippen molar-refractivity contribution in [1.82, 2.24) is 10.6 Å². The van der Waals surface area contributed by atoms with Gasteiger partial charge in [-0.15, -0.1) is 0 Å². The monoisotopic (exact) mass is 324 g/mol. The number of amides is 1. The third-order valence-electron chi connectivity index (χ3n) is 4.01. The van der Waals surface area contributed by atoms with Gasteiger partial charge in [-0.1, -0.05) is 39.8 Å². The molecule has 1 amide bonds. The van der Waals surface area contributed by atoms with Gasteiger partial charge in [0.2, 0.25) is 0 Å². The van der Waals surface area contributed by atoms with Gasteiger partial charge in [-0.3, -0.25) is 0 Å². The molecule has 0 heterocycles. The van der Waals surface area contributed by atoms with Crippen molar-refractivity contribution < 1.29 is 9.53 Å². The van der Waals surface area contributed by atoms with Gasteiger partial charge in [-0.05, 0) is 50.9 Å². The normalized spacial score (nSPS) is 21.3. The van der Waals surface area contributed by atoms with E-state index in [0.29, 0.717) is 23.4 Å². The lowest BCUT2D eigenvalue weighted by atomic mass is 9.63. The lowest BCUT2D eigenvalue weighted by molar-refractivity contribution is 0.0534. The molecule has 0 aromatic carbocycles. The van der Waals surface area contributed by atoms with Crippen LogP contribution in [0.5, 0.6) is 0 Å². The molecular formula is C19H36N2O2. The van der Waals surface area contributed by atoms with Crippen molar-refractivity contribution in [1.29, 1.82) is 0 Å². The van der Waals surface area contributed by atoms with E-state index in [1.165, 1.54) is 19.3 Å². The first-order valence-corrected chi connectivity index (χ1v) is 8.74. The van der Waals surface area contributed by atoms with Gasteiger partial charge >= 0.3 is 6.09 Å². The van der Waals surface area contributed by atoms with Crippen molar-refractivity contribution in [2.24, 2.45) is 10.8 Å². The minimum Gasteiger partial charge on any atom is -0.444 e. The second-order valence-electron chi connectivity index (χ2n) is 9.37. The zero-order valence-corrected chi connectivity index (χ0v) is 16.1. The molecule has 134 valence electrons. The van der Waals surface area contributed by atoms with Gasteiger partial charge in [0.1, 0.15) is 5.60 Å². The Bertz CT molecular complexity index is 404. The van der Waals surface area contributed by atoms with Crippen LogP contribution in [0.1, 0.15) is 67.7 Å². The van der Waals surface area contributed by atoms with Crippen LogP contribution in [-0.2, 0) is 4.74 Å². The highest BCUT2D eigenvalue weighted by Gasteiger charge is 2.37. The predicted molar refractivity (Wildman–Crippen MR) is 96.6 cm³/mol. The van der Waals surface area contributed by atoms with Crippen molar-refractivity contribution in [3.8, 4) is 0 Å². The molecule has 0 saturated heterocycles. The molecule has 0 aliphatic heterocycles. The first kappa shape index (κ1) is 20.0. The van der Waals surface area contributed by atoms with Crippen LogP contribution in [0.4, 0.5) is 4.79 Å². The lowest BCUT2D eigenvalue weighted by Gasteiger charge is -2.45. The van der Waals surface area contributed by atoms with E-state index in [2.05, 4.69) is 44.4 Å². The molecule has 0 aromatic heterocycles. The summed E-state index contributed by atoms with van der Waals surface area (Å²) in [6, 6.07) is 0.567. The maximum atomic E-state index is 11.5. The Morgan fingerprint density at radius 2 is 1.61 bits per heavy atom. The fraction of sp³-hybridized carbons (Fsp3) is 0.842. The molecule has 0 atom stereocenters. The second-order valence-corrected chi connectivity index (χ2v) is 9.37. The van der Waals surface area contributed by atoms with Crippen molar-refractivity contribution >= 4 is 6.09 Å². The molecule has 1 aliphatic carbocycles. The molecule has 0 bridgehead atoms. The van der Waals surface area contributed by atoms with Crippen molar-refractivity contribution in [2.75, 3.05) is 13.1 Å². The Kier molecular flexibility index (Phi) is 6.70. The average Bonchev–Trinajstić information content (AvgIpc) is 2.27. The summed E-state index contributed by atoms with van der Waals surface area (Å²) >= 11 is 0. The Morgan fingerprint density at radius 3 is 2.13 bits per heavy atom. The second kappa shape index (κ2) is 7.69. The number of ether oxygens (including phenoxy) is 1. The zero-order chi connectivity index (χ0) is 17.7. The number of rotatable bonds is 5. The number of carbonyl (C=O) groups excluding carboxylic acids is 1. The summed E-state index contributed by atoms with van der Waals surface area (Å²) in [5.74, 6) is 0. The minimum atomic E-state index is -0.448. The van der Waals surface area contributed by atoms with Gasteiger partial charge in [-0.2, -0.15) is 0 Å². The van der Waals surface area contributed by atoms with Crippen molar-refractivity contribution in [2.45, 2.75) is 79.4 Å². The maximum Gasteiger partial charge on any atom is 0.407 e. The molecule has 0 aromatic rings. The first-order chi connectivity index (χ1) is 10.4. The van der Waals surface area contributed by atoms with Crippen molar-refractivity contribution in [3.63, 3.8) is 0 Å². The number of alkyl carbamates (subject to hydrolysis) is 1. The van der Waals surface area contributed by atoms with E-state index in [9.17, 15) is 4.79 Å². The van der Waals surface area contributed by atoms with E-state index in [-0.39, 0.29) is 6.09 Å². The minimum absolute atomic E-state index is 0.370. The Labute approximate surface area is 142 Å². The summed E-state index contributed by atoms with van der Waals surface area (Å²) in [5, 5.41) is 6.36. The van der Waals surface area contributed by atoms with E-state index in [1.807, 2.05) is 26.8 Å². The SMILES string of the molecule is CC1(C)CC(NC/C=C/CNC(=O)OC(C)(C)C)CC(C)(C)C1. The van der Waals surface area contributed by atoms with Gasteiger partial charge in [0.25, 0.3) is 0 Å². The quantitative estimate of drug-likeness (QED) is 0.743. The summed E-state index contributed by atoms with van der Waals surface area (Å²) in [6.45, 7) is 16.4. The van der Waals surface area contributed by atoms with Gasteiger partial charge in [0.05, 0.1) is 0 Å². The summed E-state index contributed by atoms with van der Waals surface area (Å²) in [4.78, 5) is 11.5. The van der Waals surface area contributed by atoms with E-state index in [1.54, 1.807) is 0 Å². The Hall–Kier alpha value is -1.03. The standard InChI is InChI=1S/C19H36N2O2/c1-17(2,3)23-16(22)21-11-9-8-10-20-15-12-18(4,5)14-19(6,7)13-15/h8-9,15,20H,10-14H2,1-7H3,(H,21,22)/b9-8+. The first-order valence-electron chi connectivity index (χ1n) is 8.74. The molecule has 1 saturated carbocycles. The average molecular weight is 325 g/mol. The molecule has 2 N–H and O–H groups in total. The largest absolute Gasteiger partial charge is 0.444 e. The van der Waals surface area contributed by atoms with Crippen LogP contribution < -0.4 is 10.6 Å². The van der Waals surface area contributed by atoms with Crippen molar-refractivity contribution in [3.05, 3.63) is 12.2 Å². The van der Waals surface area contributed by atoms with Crippen LogP contribution in [0.25, 0.3) is 0 Å². The zero-order valence-electron chi connectivity index (χ0n) is 16.1. The highest BCUT2D eigenvalue weighted by atomic mass is 16.6. The fourth-order valence-corrected chi connectivity index (χ4v) is 3.85. The van der Waals surface area contributed by atoms with Crippen LogP contribution in [0, 0.1) is 10.8 Å². The van der Waals surface area contributed by atoms with Gasteiger partial charge in [0.15, 0.2) is 0 Å². The van der Waals surface area contributed by atoms with Gasteiger partial charge in [0, 0.05) is 19.1 Å². The molecule has 0 radical (unpaired) electrons. The summed E-state index contributed by atoms with van der Waals surface area (Å²) < 4.78 is 5.19. The number of hydrogen-bond acceptors (Lipinski definition) is 3. The molecule has 4 heteroatoms. The fourth-order valence-electron chi connectivity index (χ4n) is 3.85. The number of carbonyl (C=O) groups is 1. The van der Waals surface area contributed by atoms with E-state index >= 15 is 0 Å². The number of hydrogen-bond donors (Lipinski definition) is 2. The van der Waals surface area contributed by atoms with Crippen LogP contribution in [-0.4, -0.2) is 30.8 Å². The lowest BCUT2D eigenvalue weighted by Crippen LogP contribution is -2.43. The molecular weight excluding hydrogens is 288 g/mol. The molecule has 1 aliphatic rings. The molecule has 1 rings (SSSR count). The Balaban J connectivity index is 2.25. The van der Waals surface area contributed by atoms with E-state index in [4.69, 9.17) is 4.74 Å². The highest BCUT2D eigenvalue weighted by Crippen LogP contribution is 2.45. The van der Waals surface area contributed by atoms with Crippen LogP contribution in [0.15, 0.2) is 12.2 Å². The smallest absolute Gasteiger partial charge is 0.407 e. The molecule has 23 heavy (non-hydrogen) atoms. The molecule has 4 nitrogen and oxygen atoms in total. The highest BCUT2D eigenvalue weighted by molar-refractivity contribution is 5.67. The topological polar surface area (TPSA) is 50.4 Å². The van der Waals surface area contributed by atoms with E-state index in [0.717, 1.165) is 6.54 Å². The van der Waals surface area contributed by atoms with Gasteiger partial charge < -0.3 is 15.4 Å². The molecule has 0 spiro atoms. The van der Waals surface area contributed by atoms with Crippen LogP contribution in [0.2, 0.25) is 0 Å². The Morgan fingerprint density at radius 1 is 1.09 bits per heavy atom.